The maximum atomic E-state index is 11.2. The first-order chi connectivity index (χ1) is 13.1. The third kappa shape index (κ3) is 2.70. The minimum atomic E-state index is -0.794. The molecule has 2 N–H and O–H groups in total. The van der Waals surface area contributed by atoms with Crippen molar-refractivity contribution in [2.24, 2.45) is 5.92 Å². The number of hydrogen-bond acceptors (Lipinski definition) is 3. The van der Waals surface area contributed by atoms with Crippen LogP contribution in [0, 0.1) is 5.92 Å². The first-order valence-corrected chi connectivity index (χ1v) is 9.38. The van der Waals surface area contributed by atoms with Gasteiger partial charge in [-0.3, -0.25) is 4.90 Å². The monoisotopic (exact) mass is 365 g/mol. The van der Waals surface area contributed by atoms with Crippen LogP contribution in [0.2, 0.25) is 0 Å². The van der Waals surface area contributed by atoms with Crippen molar-refractivity contribution in [2.75, 3.05) is 20.1 Å². The number of hydrogen-bond donors (Lipinski definition) is 2. The summed E-state index contributed by atoms with van der Waals surface area (Å²) in [7, 11) is 2.15. The van der Waals surface area contributed by atoms with Gasteiger partial charge in [0.05, 0.1) is 6.33 Å². The van der Waals surface area contributed by atoms with Crippen molar-refractivity contribution in [1.29, 1.82) is 0 Å². The number of nitrogens with zero attached hydrogens (tertiary/aromatic N) is 4. The highest BCUT2D eigenvalue weighted by atomic mass is 16.4. The standard InChI is InChI=1S/C20H23N5O2/c1-23-16(7-14-10-25(20(26)27)11-19(14)23)6-13-9-22-18-3-2-15(8-17(13)18)24-5-4-21-12-24/h2-5,8-9,12,14,16,19,22H,6-7,10-11H2,1H3,(H,26,27). The molecule has 0 saturated carbocycles. The zero-order chi connectivity index (χ0) is 18.5. The number of fused-ring (bicyclic) bond motifs is 2. The number of nitrogens with one attached hydrogen (secondary N) is 1. The van der Waals surface area contributed by atoms with E-state index in [0.717, 1.165) is 24.0 Å². The summed E-state index contributed by atoms with van der Waals surface area (Å²) in [5.41, 5.74) is 3.57. The number of carbonyl (C=O) groups is 1. The van der Waals surface area contributed by atoms with E-state index in [-0.39, 0.29) is 0 Å². The molecule has 7 nitrogen and oxygen atoms in total. The van der Waals surface area contributed by atoms with Gasteiger partial charge in [0.2, 0.25) is 0 Å². The average Bonchev–Trinajstić information content (AvgIpc) is 3.42. The van der Waals surface area contributed by atoms with Gasteiger partial charge < -0.3 is 19.6 Å². The van der Waals surface area contributed by atoms with Gasteiger partial charge in [-0.05, 0) is 49.6 Å². The Bertz CT molecular complexity index is 980. The van der Waals surface area contributed by atoms with Crippen LogP contribution in [0.3, 0.4) is 0 Å². The third-order valence-corrected chi connectivity index (χ3v) is 6.36. The van der Waals surface area contributed by atoms with E-state index in [2.05, 4.69) is 46.3 Å². The number of carboxylic acid groups (broad SMARTS) is 1. The van der Waals surface area contributed by atoms with Crippen LogP contribution >= 0.6 is 0 Å². The van der Waals surface area contributed by atoms with Crippen LogP contribution in [0.1, 0.15) is 12.0 Å². The lowest BCUT2D eigenvalue weighted by Gasteiger charge is -2.26. The molecule has 0 bridgehead atoms. The highest BCUT2D eigenvalue weighted by Gasteiger charge is 2.45. The number of likely N-dealkylation sites (tertiary alicyclic amines) is 2. The molecule has 3 aromatic rings. The maximum Gasteiger partial charge on any atom is 0.407 e. The van der Waals surface area contributed by atoms with Crippen LogP contribution < -0.4 is 0 Å². The molecule has 3 atom stereocenters. The summed E-state index contributed by atoms with van der Waals surface area (Å²) < 4.78 is 2.02. The van der Waals surface area contributed by atoms with E-state index in [9.17, 15) is 9.90 Å². The number of imidazole rings is 1. The Balaban J connectivity index is 1.38. The van der Waals surface area contributed by atoms with E-state index >= 15 is 0 Å². The second-order valence-electron chi connectivity index (χ2n) is 7.79. The Kier molecular flexibility index (Phi) is 3.72. The molecule has 3 unspecified atom stereocenters. The molecule has 2 aliphatic rings. The SMILES string of the molecule is CN1C(Cc2c[nH]c3ccc(-n4ccnc4)cc23)CC2CN(C(=O)O)CC21. The highest BCUT2D eigenvalue weighted by molar-refractivity contribution is 5.85. The smallest absolute Gasteiger partial charge is 0.407 e. The van der Waals surface area contributed by atoms with Crippen molar-refractivity contribution in [1.82, 2.24) is 24.3 Å². The van der Waals surface area contributed by atoms with Gasteiger partial charge in [-0.25, -0.2) is 9.78 Å². The lowest BCUT2D eigenvalue weighted by atomic mass is 9.98. The van der Waals surface area contributed by atoms with Gasteiger partial charge in [0, 0.05) is 60.4 Å². The van der Waals surface area contributed by atoms with Gasteiger partial charge in [-0.2, -0.15) is 0 Å². The molecular formula is C20H23N5O2. The molecule has 5 rings (SSSR count). The van der Waals surface area contributed by atoms with Crippen molar-refractivity contribution >= 4 is 17.0 Å². The predicted molar refractivity (Wildman–Crippen MR) is 102 cm³/mol. The number of amides is 1. The second-order valence-corrected chi connectivity index (χ2v) is 7.79. The number of rotatable bonds is 3. The second kappa shape index (κ2) is 6.13. The van der Waals surface area contributed by atoms with Crippen molar-refractivity contribution in [3.05, 3.63) is 48.7 Å². The first kappa shape index (κ1) is 16.4. The van der Waals surface area contributed by atoms with Crippen molar-refractivity contribution in [3.63, 3.8) is 0 Å². The third-order valence-electron chi connectivity index (χ3n) is 6.36. The van der Waals surface area contributed by atoms with Crippen LogP contribution in [-0.2, 0) is 6.42 Å². The number of benzene rings is 1. The Morgan fingerprint density at radius 1 is 1.37 bits per heavy atom. The fourth-order valence-corrected chi connectivity index (χ4v) is 4.88. The fourth-order valence-electron chi connectivity index (χ4n) is 4.88. The Labute approximate surface area is 157 Å². The number of aromatic nitrogens is 3. The number of likely N-dealkylation sites (N-methyl/N-ethyl adjacent to an activating group) is 1. The zero-order valence-corrected chi connectivity index (χ0v) is 15.2. The van der Waals surface area contributed by atoms with Crippen LogP contribution in [0.25, 0.3) is 16.6 Å². The molecule has 27 heavy (non-hydrogen) atoms. The van der Waals surface area contributed by atoms with Gasteiger partial charge in [-0.15, -0.1) is 0 Å². The van der Waals surface area contributed by atoms with Gasteiger partial charge in [0.25, 0.3) is 0 Å². The molecule has 1 amide bonds. The summed E-state index contributed by atoms with van der Waals surface area (Å²) in [5.74, 6) is 0.447. The predicted octanol–water partition coefficient (Wildman–Crippen LogP) is 2.58. The van der Waals surface area contributed by atoms with E-state index in [1.807, 2.05) is 17.1 Å². The largest absolute Gasteiger partial charge is 0.465 e. The summed E-state index contributed by atoms with van der Waals surface area (Å²) in [4.78, 5) is 22.7. The van der Waals surface area contributed by atoms with Crippen LogP contribution in [-0.4, -0.2) is 67.8 Å². The summed E-state index contributed by atoms with van der Waals surface area (Å²) in [5, 5.41) is 10.5. The van der Waals surface area contributed by atoms with Crippen molar-refractivity contribution in [2.45, 2.75) is 24.9 Å². The van der Waals surface area contributed by atoms with E-state index < -0.39 is 6.09 Å². The molecule has 2 saturated heterocycles. The Hall–Kier alpha value is -2.80. The van der Waals surface area contributed by atoms with E-state index in [1.165, 1.54) is 10.9 Å². The lowest BCUT2D eigenvalue weighted by Crippen LogP contribution is -2.39. The van der Waals surface area contributed by atoms with Crippen LogP contribution in [0.4, 0.5) is 4.79 Å². The van der Waals surface area contributed by atoms with Crippen molar-refractivity contribution < 1.29 is 9.90 Å². The molecule has 140 valence electrons. The number of H-pyrrole nitrogens is 1. The van der Waals surface area contributed by atoms with Crippen molar-refractivity contribution in [3.8, 4) is 5.69 Å². The highest BCUT2D eigenvalue weighted by Crippen LogP contribution is 2.36. The molecule has 0 radical (unpaired) electrons. The summed E-state index contributed by atoms with van der Waals surface area (Å²) in [6, 6.07) is 7.22. The fraction of sp³-hybridized carbons (Fsp3) is 0.400. The Morgan fingerprint density at radius 2 is 2.26 bits per heavy atom. The van der Waals surface area contributed by atoms with E-state index in [0.29, 0.717) is 31.1 Å². The molecule has 0 spiro atoms. The molecule has 2 fully saturated rings. The number of aromatic amines is 1. The van der Waals surface area contributed by atoms with E-state index in [1.54, 1.807) is 11.1 Å². The van der Waals surface area contributed by atoms with Crippen LogP contribution in [0.5, 0.6) is 0 Å². The average molecular weight is 365 g/mol. The van der Waals surface area contributed by atoms with Crippen LogP contribution in [0.15, 0.2) is 43.1 Å². The lowest BCUT2D eigenvalue weighted by molar-refractivity contribution is 0.145. The molecular weight excluding hydrogens is 342 g/mol. The zero-order valence-electron chi connectivity index (χ0n) is 15.2. The molecule has 1 aromatic carbocycles. The molecule has 4 heterocycles. The topological polar surface area (TPSA) is 77.4 Å². The van der Waals surface area contributed by atoms with Gasteiger partial charge in [-0.1, -0.05) is 0 Å². The molecule has 0 aliphatic carbocycles. The first-order valence-electron chi connectivity index (χ1n) is 9.38. The molecule has 2 aliphatic heterocycles. The normalized spacial score (nSPS) is 25.4. The summed E-state index contributed by atoms with van der Waals surface area (Å²) in [6.45, 7) is 1.30. The van der Waals surface area contributed by atoms with E-state index in [4.69, 9.17) is 0 Å². The van der Waals surface area contributed by atoms with Gasteiger partial charge in [0.1, 0.15) is 0 Å². The van der Waals surface area contributed by atoms with Gasteiger partial charge in [0.15, 0.2) is 0 Å². The quantitative estimate of drug-likeness (QED) is 0.748. The van der Waals surface area contributed by atoms with Gasteiger partial charge >= 0.3 is 6.09 Å². The summed E-state index contributed by atoms with van der Waals surface area (Å²) >= 11 is 0. The Morgan fingerprint density at radius 3 is 3.00 bits per heavy atom. The minimum absolute atomic E-state index is 0.345. The maximum absolute atomic E-state index is 11.2. The summed E-state index contributed by atoms with van der Waals surface area (Å²) in [6.07, 6.45) is 8.91. The minimum Gasteiger partial charge on any atom is -0.465 e. The molecule has 7 heteroatoms. The molecule has 2 aromatic heterocycles.